The van der Waals surface area contributed by atoms with Gasteiger partial charge in [0.05, 0.1) is 19.1 Å². The molecule has 1 aliphatic rings. The van der Waals surface area contributed by atoms with Gasteiger partial charge in [-0.2, -0.15) is 0 Å². The first kappa shape index (κ1) is 20.2. The first-order chi connectivity index (χ1) is 12.4. The zero-order chi connectivity index (χ0) is 19.3. The van der Waals surface area contributed by atoms with Gasteiger partial charge in [-0.3, -0.25) is 9.59 Å². The minimum Gasteiger partial charge on any atom is -0.496 e. The molecule has 1 aliphatic heterocycles. The van der Waals surface area contributed by atoms with Gasteiger partial charge in [0.25, 0.3) is 0 Å². The number of benzene rings is 1. The van der Waals surface area contributed by atoms with Crippen LogP contribution < -0.4 is 4.74 Å². The van der Waals surface area contributed by atoms with Crippen molar-refractivity contribution in [2.45, 2.75) is 25.8 Å². The van der Waals surface area contributed by atoms with E-state index in [9.17, 15) is 9.59 Å². The number of amides is 2. The molecule has 6 nitrogen and oxygen atoms in total. The average molecular weight is 361 g/mol. The summed E-state index contributed by atoms with van der Waals surface area (Å²) in [6, 6.07) is 7.40. The summed E-state index contributed by atoms with van der Waals surface area (Å²) in [6.07, 6.45) is 0.987. The van der Waals surface area contributed by atoms with Gasteiger partial charge in [-0.1, -0.05) is 18.2 Å². The number of likely N-dealkylation sites (tertiary alicyclic amines) is 1. The smallest absolute Gasteiger partial charge is 0.227 e. The van der Waals surface area contributed by atoms with Crippen LogP contribution in [0.25, 0.3) is 0 Å². The predicted octanol–water partition coefficient (Wildman–Crippen LogP) is 2.01. The lowest BCUT2D eigenvalue weighted by atomic mass is 9.83. The van der Waals surface area contributed by atoms with E-state index < -0.39 is 0 Å². The molecule has 2 atom stereocenters. The third-order valence-corrected chi connectivity index (χ3v) is 5.08. The predicted molar refractivity (Wildman–Crippen MR) is 102 cm³/mol. The van der Waals surface area contributed by atoms with E-state index in [0.717, 1.165) is 17.9 Å². The van der Waals surface area contributed by atoms with Crippen LogP contribution in [-0.4, -0.2) is 74.4 Å². The van der Waals surface area contributed by atoms with E-state index in [1.54, 1.807) is 12.0 Å². The van der Waals surface area contributed by atoms with Crippen LogP contribution >= 0.6 is 0 Å². The van der Waals surface area contributed by atoms with Crippen molar-refractivity contribution in [2.75, 3.05) is 47.9 Å². The Bertz CT molecular complexity index is 632. The second-order valence-electron chi connectivity index (χ2n) is 7.07. The highest BCUT2D eigenvalue weighted by Crippen LogP contribution is 2.41. The summed E-state index contributed by atoms with van der Waals surface area (Å²) in [7, 11) is 7.46. The number of carbonyl (C=O) groups is 2. The third-order valence-electron chi connectivity index (χ3n) is 5.08. The number of methoxy groups -OCH3 is 1. The summed E-state index contributed by atoms with van der Waals surface area (Å²) in [6.45, 7) is 4.02. The number of para-hydroxylation sites is 1. The fourth-order valence-electron chi connectivity index (χ4n) is 3.62. The van der Waals surface area contributed by atoms with E-state index in [2.05, 4.69) is 4.90 Å². The molecule has 0 bridgehead atoms. The SMILES string of the molecule is CCN1C(=O)CC[C@@H](C(=O)N(C)CCN(C)C)[C@@H]1c1ccccc1OC. The Kier molecular flexibility index (Phi) is 7.03. The number of nitrogens with zero attached hydrogens (tertiary/aromatic N) is 3. The van der Waals surface area contributed by atoms with Gasteiger partial charge >= 0.3 is 0 Å². The maximum absolute atomic E-state index is 13.2. The van der Waals surface area contributed by atoms with E-state index >= 15 is 0 Å². The second kappa shape index (κ2) is 9.03. The average Bonchev–Trinajstić information content (AvgIpc) is 2.65. The van der Waals surface area contributed by atoms with Gasteiger partial charge in [0.2, 0.25) is 11.8 Å². The van der Waals surface area contributed by atoms with E-state index in [4.69, 9.17) is 4.74 Å². The van der Waals surface area contributed by atoms with Gasteiger partial charge in [-0.15, -0.1) is 0 Å². The van der Waals surface area contributed by atoms with Crippen molar-refractivity contribution >= 4 is 11.8 Å². The van der Waals surface area contributed by atoms with Crippen molar-refractivity contribution in [1.82, 2.24) is 14.7 Å². The minimum absolute atomic E-state index is 0.0914. The molecule has 0 N–H and O–H groups in total. The summed E-state index contributed by atoms with van der Waals surface area (Å²) in [5.74, 6) is 0.660. The van der Waals surface area contributed by atoms with Crippen molar-refractivity contribution < 1.29 is 14.3 Å². The van der Waals surface area contributed by atoms with Gasteiger partial charge in [-0.25, -0.2) is 0 Å². The molecule has 6 heteroatoms. The first-order valence-electron chi connectivity index (χ1n) is 9.22. The molecule has 2 amide bonds. The molecule has 0 unspecified atom stereocenters. The van der Waals surface area contributed by atoms with Crippen molar-refractivity contribution in [3.8, 4) is 5.75 Å². The lowest BCUT2D eigenvalue weighted by molar-refractivity contribution is -0.147. The molecule has 1 heterocycles. The van der Waals surface area contributed by atoms with E-state index in [1.165, 1.54) is 0 Å². The molecular formula is C20H31N3O3. The molecule has 0 spiro atoms. The molecule has 0 saturated carbocycles. The maximum Gasteiger partial charge on any atom is 0.227 e. The Morgan fingerprint density at radius 1 is 1.23 bits per heavy atom. The monoisotopic (exact) mass is 361 g/mol. The van der Waals surface area contributed by atoms with Crippen LogP contribution in [-0.2, 0) is 9.59 Å². The molecule has 26 heavy (non-hydrogen) atoms. The van der Waals surface area contributed by atoms with Crippen molar-refractivity contribution in [3.63, 3.8) is 0 Å². The van der Waals surface area contributed by atoms with Gasteiger partial charge in [-0.05, 0) is 33.5 Å². The second-order valence-corrected chi connectivity index (χ2v) is 7.07. The van der Waals surface area contributed by atoms with E-state index in [1.807, 2.05) is 57.2 Å². The zero-order valence-corrected chi connectivity index (χ0v) is 16.6. The highest BCUT2D eigenvalue weighted by molar-refractivity contribution is 5.85. The number of carbonyl (C=O) groups excluding carboxylic acids is 2. The quantitative estimate of drug-likeness (QED) is 0.746. The van der Waals surface area contributed by atoms with Gasteiger partial charge in [0.15, 0.2) is 0 Å². The Morgan fingerprint density at radius 2 is 1.92 bits per heavy atom. The van der Waals surface area contributed by atoms with Crippen LogP contribution in [0.5, 0.6) is 5.75 Å². The molecule has 1 saturated heterocycles. The highest BCUT2D eigenvalue weighted by Gasteiger charge is 2.42. The lowest BCUT2D eigenvalue weighted by Crippen LogP contribution is -2.49. The van der Waals surface area contributed by atoms with Gasteiger partial charge in [0, 0.05) is 38.7 Å². The molecular weight excluding hydrogens is 330 g/mol. The molecule has 1 aromatic rings. The molecule has 2 rings (SSSR count). The lowest BCUT2D eigenvalue weighted by Gasteiger charge is -2.42. The Hall–Kier alpha value is -2.08. The number of likely N-dealkylation sites (N-methyl/N-ethyl adjacent to an activating group) is 2. The maximum atomic E-state index is 13.2. The van der Waals surface area contributed by atoms with Crippen LogP contribution in [0.1, 0.15) is 31.4 Å². The summed E-state index contributed by atoms with van der Waals surface area (Å²) < 4.78 is 5.52. The highest BCUT2D eigenvalue weighted by atomic mass is 16.5. The first-order valence-corrected chi connectivity index (χ1v) is 9.22. The minimum atomic E-state index is -0.285. The van der Waals surface area contributed by atoms with Gasteiger partial charge < -0.3 is 19.4 Å². The zero-order valence-electron chi connectivity index (χ0n) is 16.6. The number of hydrogen-bond acceptors (Lipinski definition) is 4. The van der Waals surface area contributed by atoms with Crippen LogP contribution in [0.4, 0.5) is 0 Å². The molecule has 1 aromatic carbocycles. The van der Waals surface area contributed by atoms with Crippen LogP contribution in [0, 0.1) is 5.92 Å². The largest absolute Gasteiger partial charge is 0.496 e. The number of piperidine rings is 1. The van der Waals surface area contributed by atoms with Crippen molar-refractivity contribution in [3.05, 3.63) is 29.8 Å². The fraction of sp³-hybridized carbons (Fsp3) is 0.600. The Balaban J connectivity index is 2.36. The third kappa shape index (κ3) is 4.36. The molecule has 0 radical (unpaired) electrons. The standard InChI is InChI=1S/C20H31N3O3/c1-6-23-18(24)12-11-16(20(25)22(4)14-13-21(2)3)19(23)15-9-7-8-10-17(15)26-5/h7-10,16,19H,6,11-14H2,1-5H3/t16-,19+/m1/s1. The molecule has 1 fully saturated rings. The summed E-state index contributed by atoms with van der Waals surface area (Å²) in [4.78, 5) is 31.4. The Morgan fingerprint density at radius 3 is 2.54 bits per heavy atom. The molecule has 144 valence electrons. The summed E-state index contributed by atoms with van der Waals surface area (Å²) in [5, 5.41) is 0. The van der Waals surface area contributed by atoms with E-state index in [-0.39, 0.29) is 23.8 Å². The van der Waals surface area contributed by atoms with Crippen LogP contribution in [0.15, 0.2) is 24.3 Å². The molecule has 0 aliphatic carbocycles. The fourth-order valence-corrected chi connectivity index (χ4v) is 3.62. The van der Waals surface area contributed by atoms with Crippen molar-refractivity contribution in [2.24, 2.45) is 5.92 Å². The van der Waals surface area contributed by atoms with Gasteiger partial charge in [0.1, 0.15) is 5.75 Å². The Labute approximate surface area is 156 Å². The van der Waals surface area contributed by atoms with Crippen molar-refractivity contribution in [1.29, 1.82) is 0 Å². The van der Waals surface area contributed by atoms with Crippen LogP contribution in [0.2, 0.25) is 0 Å². The normalized spacial score (nSPS) is 20.4. The summed E-state index contributed by atoms with van der Waals surface area (Å²) >= 11 is 0. The number of hydrogen-bond donors (Lipinski definition) is 0. The topological polar surface area (TPSA) is 53.1 Å². The summed E-state index contributed by atoms with van der Waals surface area (Å²) in [5.41, 5.74) is 0.907. The number of rotatable bonds is 7. The van der Waals surface area contributed by atoms with Crippen LogP contribution in [0.3, 0.4) is 0 Å². The number of ether oxygens (including phenoxy) is 1. The van der Waals surface area contributed by atoms with E-state index in [0.29, 0.717) is 25.9 Å². The molecule has 0 aromatic heterocycles.